The number of benzene rings is 2. The van der Waals surface area contributed by atoms with Crippen molar-refractivity contribution in [3.63, 3.8) is 0 Å². The number of aryl methyl sites for hydroxylation is 3. The molecule has 2 aromatic carbocycles. The number of halogens is 1. The number of carbonyl (C=O) groups excluding carboxylic acids is 1. The quantitative estimate of drug-likeness (QED) is 0.299. The van der Waals surface area contributed by atoms with Gasteiger partial charge in [0.25, 0.3) is 5.91 Å². The van der Waals surface area contributed by atoms with Gasteiger partial charge in [-0.05, 0) is 109 Å². The van der Waals surface area contributed by atoms with Crippen molar-refractivity contribution in [3.8, 4) is 5.69 Å². The first-order valence-electron chi connectivity index (χ1n) is 10.4. The summed E-state index contributed by atoms with van der Waals surface area (Å²) in [6.07, 6.45) is 3.02. The first-order chi connectivity index (χ1) is 14.9. The number of nitrogens with one attached hydrogen (secondary N) is 2. The summed E-state index contributed by atoms with van der Waals surface area (Å²) in [5, 5.41) is 6.42. The molecule has 0 bridgehead atoms. The average molecular weight is 543 g/mol. The highest BCUT2D eigenvalue weighted by molar-refractivity contribution is 14.1. The van der Waals surface area contributed by atoms with E-state index in [1.807, 2.05) is 6.08 Å². The van der Waals surface area contributed by atoms with E-state index in [-0.39, 0.29) is 11.4 Å². The van der Waals surface area contributed by atoms with Crippen LogP contribution in [0.4, 0.5) is 5.69 Å². The number of rotatable bonds is 5. The fourth-order valence-electron chi connectivity index (χ4n) is 3.79. The van der Waals surface area contributed by atoms with Crippen molar-refractivity contribution in [3.05, 3.63) is 85.1 Å². The van der Waals surface area contributed by atoms with Crippen LogP contribution < -0.4 is 10.6 Å². The Kier molecular flexibility index (Phi) is 6.48. The van der Waals surface area contributed by atoms with Crippen LogP contribution in [0.3, 0.4) is 0 Å². The lowest BCUT2D eigenvalue weighted by molar-refractivity contribution is -0.116. The zero-order valence-electron chi connectivity index (χ0n) is 18.1. The summed E-state index contributed by atoms with van der Waals surface area (Å²) >= 11 is 3.88. The second-order valence-corrected chi connectivity index (χ2v) is 10.1. The van der Waals surface area contributed by atoms with Gasteiger partial charge in [-0.25, -0.2) is 0 Å². The third-order valence-electron chi connectivity index (χ3n) is 5.55. The van der Waals surface area contributed by atoms with Gasteiger partial charge in [0.15, 0.2) is 5.50 Å². The van der Waals surface area contributed by atoms with Crippen molar-refractivity contribution in [1.82, 2.24) is 9.88 Å². The van der Waals surface area contributed by atoms with Crippen LogP contribution in [-0.4, -0.2) is 16.0 Å². The Balaban J connectivity index is 1.55. The summed E-state index contributed by atoms with van der Waals surface area (Å²) in [6, 6.07) is 17.0. The van der Waals surface area contributed by atoms with Crippen molar-refractivity contribution >= 4 is 52.0 Å². The Morgan fingerprint density at radius 1 is 1.13 bits per heavy atom. The lowest BCUT2D eigenvalue weighted by atomic mass is 10.1. The van der Waals surface area contributed by atoms with Gasteiger partial charge in [-0.2, -0.15) is 0 Å². The second kappa shape index (κ2) is 9.12. The molecule has 0 saturated carbocycles. The molecule has 6 heteroatoms. The molecule has 0 radical (unpaired) electrons. The molecule has 3 aromatic rings. The normalized spacial score (nSPS) is 17.3. The summed E-state index contributed by atoms with van der Waals surface area (Å²) in [5.41, 5.74) is 7.89. The number of carbonyl (C=O) groups is 1. The molecule has 4 nitrogen and oxygen atoms in total. The third kappa shape index (κ3) is 4.70. The largest absolute Gasteiger partial charge is 0.357 e. The first kappa shape index (κ1) is 22.0. The highest BCUT2D eigenvalue weighted by atomic mass is 127. The van der Waals surface area contributed by atoms with E-state index in [1.54, 1.807) is 0 Å². The maximum atomic E-state index is 12.6. The van der Waals surface area contributed by atoms with E-state index in [4.69, 9.17) is 0 Å². The summed E-state index contributed by atoms with van der Waals surface area (Å²) in [4.78, 5) is 13.3. The summed E-state index contributed by atoms with van der Waals surface area (Å²) in [5.74, 6) is -0.0393. The van der Waals surface area contributed by atoms with Gasteiger partial charge in [-0.15, -0.1) is 0 Å². The molecule has 4 rings (SSSR count). The van der Waals surface area contributed by atoms with Crippen LogP contribution in [0.15, 0.2) is 53.4 Å². The van der Waals surface area contributed by atoms with Crippen LogP contribution in [0.2, 0.25) is 0 Å². The van der Waals surface area contributed by atoms with E-state index in [9.17, 15) is 4.79 Å². The van der Waals surface area contributed by atoms with Gasteiger partial charge in [0.1, 0.15) is 0 Å². The fourth-order valence-corrected chi connectivity index (χ4v) is 5.10. The van der Waals surface area contributed by atoms with E-state index in [0.29, 0.717) is 0 Å². The van der Waals surface area contributed by atoms with Gasteiger partial charge >= 0.3 is 0 Å². The molecule has 0 aliphatic carbocycles. The van der Waals surface area contributed by atoms with Gasteiger partial charge in [-0.1, -0.05) is 30.8 Å². The maximum Gasteiger partial charge on any atom is 0.260 e. The lowest BCUT2D eigenvalue weighted by Gasteiger charge is -2.13. The van der Waals surface area contributed by atoms with Crippen LogP contribution in [0.1, 0.15) is 35.0 Å². The van der Waals surface area contributed by atoms with Crippen LogP contribution in [0, 0.1) is 24.3 Å². The SMILES string of the molecule is CCc1ccc(N[C@H]2NC(=O)/C(=C\c3cc(C)n(-c4ccc(I)c(C)c4)c3C)S2)cc1. The van der Waals surface area contributed by atoms with Crippen molar-refractivity contribution in [2.45, 2.75) is 39.6 Å². The number of thioether (sulfide) groups is 1. The average Bonchev–Trinajstić information content (AvgIpc) is 3.23. The molecule has 31 heavy (non-hydrogen) atoms. The topological polar surface area (TPSA) is 46.1 Å². The highest BCUT2D eigenvalue weighted by Crippen LogP contribution is 2.32. The summed E-state index contributed by atoms with van der Waals surface area (Å²) in [6.45, 7) is 8.48. The van der Waals surface area contributed by atoms with Gasteiger partial charge in [0, 0.05) is 26.3 Å². The lowest BCUT2D eigenvalue weighted by Crippen LogP contribution is -2.30. The molecule has 0 unspecified atom stereocenters. The van der Waals surface area contributed by atoms with E-state index < -0.39 is 0 Å². The summed E-state index contributed by atoms with van der Waals surface area (Å²) < 4.78 is 3.51. The minimum Gasteiger partial charge on any atom is -0.357 e. The number of hydrogen-bond acceptors (Lipinski definition) is 3. The standard InChI is InChI=1S/C25H26IN3OS/c1-5-18-6-8-20(9-7-18)27-25-28-24(30)23(31-25)14-19-13-16(3)29(17(19)4)21-10-11-22(26)15(2)12-21/h6-14,25,27H,5H2,1-4H3,(H,28,30)/b23-14+/t25-/m0/s1. The number of hydrogen-bond donors (Lipinski definition) is 2. The van der Waals surface area contributed by atoms with Crippen LogP contribution in [0.5, 0.6) is 0 Å². The molecule has 1 saturated heterocycles. The summed E-state index contributed by atoms with van der Waals surface area (Å²) in [7, 11) is 0. The Morgan fingerprint density at radius 3 is 2.55 bits per heavy atom. The van der Waals surface area contributed by atoms with E-state index in [1.165, 1.54) is 26.5 Å². The van der Waals surface area contributed by atoms with Crippen LogP contribution in [0.25, 0.3) is 11.8 Å². The van der Waals surface area contributed by atoms with E-state index in [2.05, 4.69) is 114 Å². The minimum atomic E-state index is -0.173. The van der Waals surface area contributed by atoms with E-state index >= 15 is 0 Å². The smallest absolute Gasteiger partial charge is 0.260 e. The number of nitrogens with zero attached hydrogens (tertiary/aromatic N) is 1. The molecular weight excluding hydrogens is 517 g/mol. The molecule has 2 heterocycles. The number of amides is 1. The van der Waals surface area contributed by atoms with Gasteiger partial charge in [0.05, 0.1) is 4.91 Å². The monoisotopic (exact) mass is 543 g/mol. The predicted octanol–water partition coefficient (Wildman–Crippen LogP) is 6.17. The molecular formula is C25H26IN3OS. The minimum absolute atomic E-state index is 0.0393. The molecule has 0 spiro atoms. The Morgan fingerprint density at radius 2 is 1.87 bits per heavy atom. The van der Waals surface area contributed by atoms with Gasteiger partial charge < -0.3 is 15.2 Å². The Hall–Kier alpha value is -2.19. The predicted molar refractivity (Wildman–Crippen MR) is 140 cm³/mol. The molecule has 1 aromatic heterocycles. The molecule has 1 atom stereocenters. The third-order valence-corrected chi connectivity index (χ3v) is 7.79. The fraction of sp³-hybridized carbons (Fsp3) is 0.240. The number of anilines is 1. The molecule has 1 aliphatic rings. The Labute approximate surface area is 201 Å². The van der Waals surface area contributed by atoms with Crippen LogP contribution in [-0.2, 0) is 11.2 Å². The first-order valence-corrected chi connectivity index (χ1v) is 12.3. The zero-order chi connectivity index (χ0) is 22.1. The molecule has 1 amide bonds. The van der Waals surface area contributed by atoms with E-state index in [0.717, 1.165) is 39.7 Å². The Bertz CT molecular complexity index is 1160. The van der Waals surface area contributed by atoms with Crippen molar-refractivity contribution < 1.29 is 4.79 Å². The molecule has 1 fully saturated rings. The molecule has 1 aliphatic heterocycles. The second-order valence-electron chi connectivity index (χ2n) is 7.77. The van der Waals surface area contributed by atoms with Crippen LogP contribution >= 0.6 is 34.4 Å². The zero-order valence-corrected chi connectivity index (χ0v) is 21.1. The van der Waals surface area contributed by atoms with Crippen molar-refractivity contribution in [1.29, 1.82) is 0 Å². The van der Waals surface area contributed by atoms with Gasteiger partial charge in [0.2, 0.25) is 0 Å². The maximum absolute atomic E-state index is 12.6. The highest BCUT2D eigenvalue weighted by Gasteiger charge is 2.27. The van der Waals surface area contributed by atoms with Gasteiger partial charge in [-0.3, -0.25) is 4.79 Å². The molecule has 160 valence electrons. The number of aromatic nitrogens is 1. The van der Waals surface area contributed by atoms with Crippen molar-refractivity contribution in [2.75, 3.05) is 5.32 Å². The van der Waals surface area contributed by atoms with Crippen molar-refractivity contribution in [2.24, 2.45) is 0 Å². The molecule has 2 N–H and O–H groups in total.